The van der Waals surface area contributed by atoms with E-state index in [1.165, 1.54) is 0 Å². The molecule has 0 aromatic heterocycles. The van der Waals surface area contributed by atoms with E-state index in [4.69, 9.17) is 9.47 Å². The number of rotatable bonds is 11. The lowest BCUT2D eigenvalue weighted by Gasteiger charge is -2.15. The van der Waals surface area contributed by atoms with Crippen LogP contribution in [-0.2, 0) is 19.1 Å². The lowest BCUT2D eigenvalue weighted by atomic mass is 9.99. The Morgan fingerprint density at radius 3 is 1.65 bits per heavy atom. The van der Waals surface area contributed by atoms with Gasteiger partial charge >= 0.3 is 11.9 Å². The number of esters is 2. The highest BCUT2D eigenvalue weighted by Crippen LogP contribution is 2.20. The summed E-state index contributed by atoms with van der Waals surface area (Å²) >= 11 is 0. The second-order valence-electron chi connectivity index (χ2n) is 6.75. The Morgan fingerprint density at radius 1 is 0.783 bits per heavy atom. The van der Waals surface area contributed by atoms with Gasteiger partial charge in [0.15, 0.2) is 0 Å². The second kappa shape index (κ2) is 12.1. The molecule has 0 aromatic rings. The average molecular weight is 326 g/mol. The molecule has 0 aliphatic heterocycles. The first kappa shape index (κ1) is 21.7. The lowest BCUT2D eigenvalue weighted by molar-refractivity contribution is -0.143. The van der Waals surface area contributed by atoms with E-state index in [-0.39, 0.29) is 23.8 Å². The first-order valence-corrected chi connectivity index (χ1v) is 8.89. The van der Waals surface area contributed by atoms with Crippen LogP contribution < -0.4 is 0 Å². The standard InChI is InChI=1S/C19H34O4/c1-7-9-10-11-17(19(21)23-13-15(5)6)16(8-2)18(20)22-12-14(3)4/h14-15H,7-13H2,1-6H3. The largest absolute Gasteiger partial charge is 0.462 e. The molecule has 0 saturated heterocycles. The number of carbonyl (C=O) groups excluding carboxylic acids is 2. The zero-order valence-corrected chi connectivity index (χ0v) is 15.7. The van der Waals surface area contributed by atoms with E-state index in [0.717, 1.165) is 19.3 Å². The summed E-state index contributed by atoms with van der Waals surface area (Å²) in [6, 6.07) is 0. The molecule has 0 fully saturated rings. The summed E-state index contributed by atoms with van der Waals surface area (Å²) in [5, 5.41) is 0. The fourth-order valence-electron chi connectivity index (χ4n) is 2.07. The summed E-state index contributed by atoms with van der Waals surface area (Å²) in [5.74, 6) is -0.204. The molecule has 0 spiro atoms. The summed E-state index contributed by atoms with van der Waals surface area (Å²) in [6.45, 7) is 12.7. The summed E-state index contributed by atoms with van der Waals surface area (Å²) < 4.78 is 10.7. The van der Waals surface area contributed by atoms with Gasteiger partial charge in [-0.3, -0.25) is 0 Å². The zero-order valence-electron chi connectivity index (χ0n) is 15.7. The highest BCUT2D eigenvalue weighted by molar-refractivity contribution is 6.00. The molecule has 0 amide bonds. The molecule has 0 atom stereocenters. The minimum Gasteiger partial charge on any atom is -0.462 e. The Kier molecular flexibility index (Phi) is 11.4. The van der Waals surface area contributed by atoms with Crippen LogP contribution in [0.5, 0.6) is 0 Å². The van der Waals surface area contributed by atoms with Crippen molar-refractivity contribution in [3.05, 3.63) is 11.1 Å². The van der Waals surface area contributed by atoms with Crippen molar-refractivity contribution in [3.63, 3.8) is 0 Å². The normalized spacial score (nSPS) is 12.3. The molecule has 0 unspecified atom stereocenters. The maximum atomic E-state index is 12.4. The lowest BCUT2D eigenvalue weighted by Crippen LogP contribution is -2.19. The van der Waals surface area contributed by atoms with Crippen molar-refractivity contribution in [2.75, 3.05) is 13.2 Å². The molecule has 0 saturated carbocycles. The predicted octanol–water partition coefficient (Wildman–Crippen LogP) is 4.67. The van der Waals surface area contributed by atoms with Gasteiger partial charge in [0.2, 0.25) is 0 Å². The molecule has 134 valence electrons. The summed E-state index contributed by atoms with van der Waals surface area (Å²) in [5.41, 5.74) is 0.964. The van der Waals surface area contributed by atoms with Crippen LogP contribution in [0, 0.1) is 11.8 Å². The maximum Gasteiger partial charge on any atom is 0.334 e. The van der Waals surface area contributed by atoms with Gasteiger partial charge in [-0.1, -0.05) is 54.4 Å². The van der Waals surface area contributed by atoms with Gasteiger partial charge in [-0.2, -0.15) is 0 Å². The molecule has 0 aromatic carbocycles. The van der Waals surface area contributed by atoms with Crippen molar-refractivity contribution >= 4 is 11.9 Å². The van der Waals surface area contributed by atoms with Crippen molar-refractivity contribution in [2.24, 2.45) is 11.8 Å². The number of hydrogen-bond donors (Lipinski definition) is 0. The number of carbonyl (C=O) groups is 2. The molecule has 0 aliphatic rings. The topological polar surface area (TPSA) is 52.6 Å². The Hall–Kier alpha value is -1.32. The fourth-order valence-corrected chi connectivity index (χ4v) is 2.07. The monoisotopic (exact) mass is 326 g/mol. The van der Waals surface area contributed by atoms with Crippen LogP contribution in [0.1, 0.15) is 73.6 Å². The Morgan fingerprint density at radius 2 is 1.26 bits per heavy atom. The summed E-state index contributed by atoms with van der Waals surface area (Å²) in [6.07, 6.45) is 4.02. The highest BCUT2D eigenvalue weighted by atomic mass is 16.5. The van der Waals surface area contributed by atoms with Gasteiger partial charge in [0.1, 0.15) is 0 Å². The number of unbranched alkanes of at least 4 members (excludes halogenated alkanes) is 2. The van der Waals surface area contributed by atoms with Crippen molar-refractivity contribution in [1.29, 1.82) is 0 Å². The Labute approximate surface area is 141 Å². The third kappa shape index (κ3) is 9.42. The third-order valence-corrected chi connectivity index (χ3v) is 3.34. The highest BCUT2D eigenvalue weighted by Gasteiger charge is 2.22. The summed E-state index contributed by atoms with van der Waals surface area (Å²) in [7, 11) is 0. The van der Waals surface area contributed by atoms with E-state index in [9.17, 15) is 9.59 Å². The molecular weight excluding hydrogens is 292 g/mol. The van der Waals surface area contributed by atoms with Gasteiger partial charge in [0.05, 0.1) is 13.2 Å². The minimum atomic E-state index is -0.380. The van der Waals surface area contributed by atoms with Crippen LogP contribution in [0.15, 0.2) is 11.1 Å². The first-order valence-electron chi connectivity index (χ1n) is 8.89. The first-order chi connectivity index (χ1) is 10.8. The Balaban J connectivity index is 5.19. The van der Waals surface area contributed by atoms with Crippen LogP contribution >= 0.6 is 0 Å². The van der Waals surface area contributed by atoms with Gasteiger partial charge < -0.3 is 9.47 Å². The van der Waals surface area contributed by atoms with E-state index < -0.39 is 0 Å². The second-order valence-corrected chi connectivity index (χ2v) is 6.75. The van der Waals surface area contributed by atoms with Crippen LogP contribution in [-0.4, -0.2) is 25.2 Å². The van der Waals surface area contributed by atoms with Crippen LogP contribution in [0.2, 0.25) is 0 Å². The minimum absolute atomic E-state index is 0.272. The molecule has 4 heteroatoms. The number of ether oxygens (including phenoxy) is 2. The van der Waals surface area contributed by atoms with Gasteiger partial charge in [-0.15, -0.1) is 0 Å². The van der Waals surface area contributed by atoms with Crippen molar-refractivity contribution < 1.29 is 19.1 Å². The van der Waals surface area contributed by atoms with E-state index >= 15 is 0 Å². The van der Waals surface area contributed by atoms with E-state index in [1.807, 2.05) is 34.6 Å². The molecule has 0 bridgehead atoms. The van der Waals surface area contributed by atoms with Crippen molar-refractivity contribution in [1.82, 2.24) is 0 Å². The predicted molar refractivity (Wildman–Crippen MR) is 93.1 cm³/mol. The quantitative estimate of drug-likeness (QED) is 0.314. The van der Waals surface area contributed by atoms with Crippen LogP contribution in [0.25, 0.3) is 0 Å². The van der Waals surface area contributed by atoms with Gasteiger partial charge in [0, 0.05) is 11.1 Å². The molecule has 0 aliphatic carbocycles. The SMILES string of the molecule is CCCCCC(C(=O)OCC(C)C)=C(CC)C(=O)OCC(C)C. The Bertz CT molecular complexity index is 394. The molecule has 0 rings (SSSR count). The van der Waals surface area contributed by atoms with E-state index in [1.54, 1.807) is 0 Å². The molecule has 0 radical (unpaired) electrons. The molecule has 4 nitrogen and oxygen atoms in total. The van der Waals surface area contributed by atoms with Crippen LogP contribution in [0.3, 0.4) is 0 Å². The van der Waals surface area contributed by atoms with Crippen molar-refractivity contribution in [3.8, 4) is 0 Å². The molecule has 0 N–H and O–H groups in total. The maximum absolute atomic E-state index is 12.4. The van der Waals surface area contributed by atoms with Crippen molar-refractivity contribution in [2.45, 2.75) is 73.6 Å². The smallest absolute Gasteiger partial charge is 0.334 e. The molecular formula is C19H34O4. The average Bonchev–Trinajstić information content (AvgIpc) is 2.49. The van der Waals surface area contributed by atoms with Crippen LogP contribution in [0.4, 0.5) is 0 Å². The van der Waals surface area contributed by atoms with E-state index in [2.05, 4.69) is 6.92 Å². The fraction of sp³-hybridized carbons (Fsp3) is 0.789. The summed E-state index contributed by atoms with van der Waals surface area (Å²) in [4.78, 5) is 24.7. The molecule has 23 heavy (non-hydrogen) atoms. The van der Waals surface area contributed by atoms with E-state index in [0.29, 0.717) is 37.2 Å². The van der Waals surface area contributed by atoms with Gasteiger partial charge in [0.25, 0.3) is 0 Å². The zero-order chi connectivity index (χ0) is 17.8. The molecule has 0 heterocycles. The third-order valence-electron chi connectivity index (χ3n) is 3.34. The number of hydrogen-bond acceptors (Lipinski definition) is 4. The van der Waals surface area contributed by atoms with Gasteiger partial charge in [-0.25, -0.2) is 9.59 Å². The van der Waals surface area contributed by atoms with Gasteiger partial charge in [-0.05, 0) is 31.1 Å².